The Bertz CT molecular complexity index is 1050. The molecule has 0 unspecified atom stereocenters. The molecule has 1 heterocycles. The lowest BCUT2D eigenvalue weighted by molar-refractivity contribution is -0.0431. The molecular formula is C24H25NO4S. The Hall–Kier alpha value is -2.67. The van der Waals surface area contributed by atoms with Crippen LogP contribution in [0, 0.1) is 0 Å². The maximum atomic E-state index is 12.4. The van der Waals surface area contributed by atoms with E-state index in [9.17, 15) is 8.42 Å². The molecule has 156 valence electrons. The highest BCUT2D eigenvalue weighted by atomic mass is 32.2. The zero-order valence-corrected chi connectivity index (χ0v) is 17.7. The second-order valence-corrected chi connectivity index (χ2v) is 8.91. The Morgan fingerprint density at radius 2 is 1.57 bits per heavy atom. The van der Waals surface area contributed by atoms with Gasteiger partial charge in [-0.3, -0.25) is 4.90 Å². The Kier molecular flexibility index (Phi) is 6.18. The van der Waals surface area contributed by atoms with Crippen LogP contribution in [0.3, 0.4) is 0 Å². The van der Waals surface area contributed by atoms with Crippen molar-refractivity contribution in [2.75, 3.05) is 19.7 Å². The van der Waals surface area contributed by atoms with Crippen molar-refractivity contribution in [1.82, 2.24) is 4.90 Å². The predicted octanol–water partition coefficient (Wildman–Crippen LogP) is 4.59. The fourth-order valence-corrected chi connectivity index (χ4v) is 4.62. The summed E-state index contributed by atoms with van der Waals surface area (Å²) in [5.41, 5.74) is 2.29. The van der Waals surface area contributed by atoms with Crippen molar-refractivity contribution in [2.24, 2.45) is 0 Å². The molecule has 2 atom stereocenters. The van der Waals surface area contributed by atoms with Crippen LogP contribution in [-0.2, 0) is 14.9 Å². The first kappa shape index (κ1) is 20.6. The molecule has 30 heavy (non-hydrogen) atoms. The summed E-state index contributed by atoms with van der Waals surface area (Å²) in [5.74, 6) is 0.285. The molecule has 0 aromatic heterocycles. The maximum Gasteiger partial charge on any atom is 0.339 e. The standard InChI is InChI=1S/C24H25NO4S/c1-19(20-8-4-2-5-9-20)25-16-17-28-24(18-25)21-12-14-22(15-13-21)29-30(26,27)23-10-6-3-7-11-23/h2-15,19,24H,16-18H2,1H3/t19-,24-/m1/s1. The van der Waals surface area contributed by atoms with Crippen LogP contribution < -0.4 is 4.18 Å². The molecule has 3 aromatic carbocycles. The second kappa shape index (κ2) is 9.00. The lowest BCUT2D eigenvalue weighted by Gasteiger charge is -2.37. The fourth-order valence-electron chi connectivity index (χ4n) is 3.66. The Morgan fingerprint density at radius 1 is 0.933 bits per heavy atom. The van der Waals surface area contributed by atoms with Crippen LogP contribution in [0.1, 0.15) is 30.2 Å². The molecule has 1 aliphatic heterocycles. The third kappa shape index (κ3) is 4.73. The molecule has 0 spiro atoms. The highest BCUT2D eigenvalue weighted by Gasteiger charge is 2.26. The molecule has 0 radical (unpaired) electrons. The molecule has 0 N–H and O–H groups in total. The Balaban J connectivity index is 1.43. The molecule has 5 nitrogen and oxygen atoms in total. The van der Waals surface area contributed by atoms with Gasteiger partial charge in [-0.25, -0.2) is 0 Å². The third-order valence-corrected chi connectivity index (χ3v) is 6.68. The maximum absolute atomic E-state index is 12.4. The molecule has 0 bridgehead atoms. The van der Waals surface area contributed by atoms with Gasteiger partial charge in [0.1, 0.15) is 10.6 Å². The lowest BCUT2D eigenvalue weighted by atomic mass is 10.0. The van der Waals surface area contributed by atoms with Gasteiger partial charge >= 0.3 is 10.1 Å². The van der Waals surface area contributed by atoms with E-state index in [4.69, 9.17) is 8.92 Å². The summed E-state index contributed by atoms with van der Waals surface area (Å²) in [6.07, 6.45) is -0.0651. The van der Waals surface area contributed by atoms with Gasteiger partial charge in [-0.15, -0.1) is 0 Å². The van der Waals surface area contributed by atoms with E-state index in [0.29, 0.717) is 12.6 Å². The minimum atomic E-state index is -3.84. The van der Waals surface area contributed by atoms with E-state index in [-0.39, 0.29) is 16.7 Å². The van der Waals surface area contributed by atoms with Gasteiger partial charge in [0.05, 0.1) is 12.7 Å². The van der Waals surface area contributed by atoms with Crippen LogP contribution in [0.5, 0.6) is 5.75 Å². The summed E-state index contributed by atoms with van der Waals surface area (Å²) in [5, 5.41) is 0. The summed E-state index contributed by atoms with van der Waals surface area (Å²) >= 11 is 0. The van der Waals surface area contributed by atoms with Gasteiger partial charge in [0.15, 0.2) is 0 Å². The topological polar surface area (TPSA) is 55.8 Å². The van der Waals surface area contributed by atoms with Gasteiger partial charge in [-0.2, -0.15) is 8.42 Å². The predicted molar refractivity (Wildman–Crippen MR) is 116 cm³/mol. The average Bonchev–Trinajstić information content (AvgIpc) is 2.80. The zero-order valence-electron chi connectivity index (χ0n) is 16.8. The lowest BCUT2D eigenvalue weighted by Crippen LogP contribution is -2.39. The van der Waals surface area contributed by atoms with Crippen LogP contribution in [-0.4, -0.2) is 33.0 Å². The van der Waals surface area contributed by atoms with Crippen molar-refractivity contribution in [2.45, 2.75) is 24.0 Å². The highest BCUT2D eigenvalue weighted by Crippen LogP contribution is 2.30. The van der Waals surface area contributed by atoms with E-state index in [1.165, 1.54) is 17.7 Å². The molecule has 1 saturated heterocycles. The minimum absolute atomic E-state index is 0.0651. The van der Waals surface area contributed by atoms with E-state index in [1.54, 1.807) is 30.3 Å². The Morgan fingerprint density at radius 3 is 2.23 bits per heavy atom. The highest BCUT2D eigenvalue weighted by molar-refractivity contribution is 7.87. The number of nitrogens with zero attached hydrogens (tertiary/aromatic N) is 1. The van der Waals surface area contributed by atoms with E-state index in [0.717, 1.165) is 18.7 Å². The van der Waals surface area contributed by atoms with Gasteiger partial charge < -0.3 is 8.92 Å². The number of rotatable bonds is 6. The average molecular weight is 424 g/mol. The SMILES string of the molecule is C[C@H](c1ccccc1)N1CCO[C@@H](c2ccc(OS(=O)(=O)c3ccccc3)cc2)C1. The van der Waals surface area contributed by atoms with Crippen molar-refractivity contribution in [3.05, 3.63) is 96.1 Å². The van der Waals surface area contributed by atoms with Crippen molar-refractivity contribution in [1.29, 1.82) is 0 Å². The minimum Gasteiger partial charge on any atom is -0.379 e. The Labute approximate surface area is 178 Å². The summed E-state index contributed by atoms with van der Waals surface area (Å²) in [6, 6.07) is 26.0. The van der Waals surface area contributed by atoms with Gasteiger partial charge in [0, 0.05) is 19.1 Å². The van der Waals surface area contributed by atoms with E-state index in [1.807, 2.05) is 18.2 Å². The van der Waals surface area contributed by atoms with Crippen molar-refractivity contribution >= 4 is 10.1 Å². The number of hydrogen-bond donors (Lipinski definition) is 0. The summed E-state index contributed by atoms with van der Waals surface area (Å²) in [7, 11) is -3.84. The molecule has 1 fully saturated rings. The largest absolute Gasteiger partial charge is 0.379 e. The number of ether oxygens (including phenoxy) is 1. The molecule has 4 rings (SSSR count). The fraction of sp³-hybridized carbons (Fsp3) is 0.250. The normalized spacial score (nSPS) is 18.6. The summed E-state index contributed by atoms with van der Waals surface area (Å²) < 4.78 is 36.0. The number of hydrogen-bond acceptors (Lipinski definition) is 5. The molecule has 0 saturated carbocycles. The van der Waals surface area contributed by atoms with Gasteiger partial charge in [0.2, 0.25) is 0 Å². The molecule has 6 heteroatoms. The van der Waals surface area contributed by atoms with Crippen molar-refractivity contribution in [3.8, 4) is 5.75 Å². The second-order valence-electron chi connectivity index (χ2n) is 7.36. The van der Waals surface area contributed by atoms with Crippen LogP contribution in [0.25, 0.3) is 0 Å². The van der Waals surface area contributed by atoms with Crippen LogP contribution in [0.2, 0.25) is 0 Å². The van der Waals surface area contributed by atoms with Crippen LogP contribution in [0.4, 0.5) is 0 Å². The van der Waals surface area contributed by atoms with Crippen molar-refractivity contribution in [3.63, 3.8) is 0 Å². The van der Waals surface area contributed by atoms with E-state index >= 15 is 0 Å². The van der Waals surface area contributed by atoms with Gasteiger partial charge in [-0.05, 0) is 42.3 Å². The summed E-state index contributed by atoms with van der Waals surface area (Å²) in [4.78, 5) is 2.54. The quantitative estimate of drug-likeness (QED) is 0.543. The first-order valence-corrected chi connectivity index (χ1v) is 11.4. The van der Waals surface area contributed by atoms with E-state index < -0.39 is 10.1 Å². The smallest absolute Gasteiger partial charge is 0.339 e. The van der Waals surface area contributed by atoms with Crippen molar-refractivity contribution < 1.29 is 17.3 Å². The zero-order chi connectivity index (χ0) is 21.0. The molecule has 0 aliphatic carbocycles. The number of morpholine rings is 1. The van der Waals surface area contributed by atoms with Gasteiger partial charge in [0.25, 0.3) is 0 Å². The number of benzene rings is 3. The third-order valence-electron chi connectivity index (χ3n) is 5.42. The molecule has 1 aliphatic rings. The molecular weight excluding hydrogens is 398 g/mol. The van der Waals surface area contributed by atoms with Crippen LogP contribution >= 0.6 is 0 Å². The molecule has 3 aromatic rings. The van der Waals surface area contributed by atoms with Crippen LogP contribution in [0.15, 0.2) is 89.8 Å². The molecule has 0 amide bonds. The first-order valence-electron chi connectivity index (χ1n) is 10.0. The summed E-state index contributed by atoms with van der Waals surface area (Å²) in [6.45, 7) is 4.52. The first-order chi connectivity index (χ1) is 14.5. The van der Waals surface area contributed by atoms with E-state index in [2.05, 4.69) is 36.1 Å². The monoisotopic (exact) mass is 423 g/mol. The van der Waals surface area contributed by atoms with Gasteiger partial charge in [-0.1, -0.05) is 60.7 Å².